The second-order valence-corrected chi connectivity index (χ2v) is 3.69. The maximum atomic E-state index is 12.4. The van der Waals surface area contributed by atoms with Crippen LogP contribution in [0.15, 0.2) is 42.5 Å². The summed E-state index contributed by atoms with van der Waals surface area (Å²) in [5, 5.41) is 0. The van der Waals surface area contributed by atoms with E-state index in [-0.39, 0.29) is 5.56 Å². The van der Waals surface area contributed by atoms with Gasteiger partial charge in [-0.05, 0) is 31.2 Å². The Hall–Kier alpha value is -2.23. The van der Waals surface area contributed by atoms with E-state index in [9.17, 15) is 13.6 Å². The van der Waals surface area contributed by atoms with Crippen LogP contribution in [-0.2, 0) is 0 Å². The molecule has 0 spiro atoms. The van der Waals surface area contributed by atoms with Crippen LogP contribution in [0.1, 0.15) is 29.8 Å². The molecule has 0 aliphatic heterocycles. The molecule has 0 atom stereocenters. The minimum absolute atomic E-state index is 0.124. The molecule has 0 bridgehead atoms. The van der Waals surface area contributed by atoms with Crippen LogP contribution in [0.5, 0.6) is 0 Å². The van der Waals surface area contributed by atoms with E-state index in [1.165, 1.54) is 5.56 Å². The van der Waals surface area contributed by atoms with Gasteiger partial charge in [-0.3, -0.25) is 4.79 Å². The van der Waals surface area contributed by atoms with Crippen molar-refractivity contribution in [3.05, 3.63) is 65.2 Å². The maximum Gasteiger partial charge on any atom is 0.152 e. The van der Waals surface area contributed by atoms with E-state index >= 15 is 0 Å². The van der Waals surface area contributed by atoms with Gasteiger partial charge < -0.3 is 5.73 Å². The van der Waals surface area contributed by atoms with Crippen LogP contribution >= 0.6 is 0 Å². The number of carbonyl (C=O) groups is 1. The summed E-state index contributed by atoms with van der Waals surface area (Å²) < 4.78 is 24.5. The van der Waals surface area contributed by atoms with Gasteiger partial charge in [0.2, 0.25) is 0 Å². The number of hydrogen-bond donors (Lipinski definition) is 1. The molecule has 0 saturated heterocycles. The van der Waals surface area contributed by atoms with E-state index in [0.29, 0.717) is 12.4 Å². The zero-order valence-electron chi connectivity index (χ0n) is 11.9. The third kappa shape index (κ3) is 6.64. The van der Waals surface area contributed by atoms with Gasteiger partial charge in [-0.2, -0.15) is 0 Å². The first-order valence-electron chi connectivity index (χ1n) is 6.25. The number of aryl methyl sites for hydroxylation is 1. The topological polar surface area (TPSA) is 43.1 Å². The Bertz CT molecular complexity index is 504. The molecule has 0 heterocycles. The molecule has 2 N–H and O–H groups in total. The fourth-order valence-electron chi connectivity index (χ4n) is 1.16. The lowest BCUT2D eigenvalue weighted by molar-refractivity contribution is 0.111. The number of benzene rings is 2. The van der Waals surface area contributed by atoms with Gasteiger partial charge in [0.15, 0.2) is 6.29 Å². The lowest BCUT2D eigenvalue weighted by Gasteiger charge is -1.91. The zero-order chi connectivity index (χ0) is 15.5. The highest BCUT2D eigenvalue weighted by atomic mass is 19.1. The Balaban J connectivity index is 0.000000327. The van der Waals surface area contributed by atoms with Crippen molar-refractivity contribution >= 4 is 12.0 Å². The van der Waals surface area contributed by atoms with Crippen molar-refractivity contribution in [3.8, 4) is 0 Å². The van der Waals surface area contributed by atoms with Gasteiger partial charge in [0, 0.05) is 11.8 Å². The summed E-state index contributed by atoms with van der Waals surface area (Å²) in [6, 6.07) is 10.6. The second-order valence-electron chi connectivity index (χ2n) is 3.69. The molecule has 0 amide bonds. The van der Waals surface area contributed by atoms with Crippen molar-refractivity contribution < 1.29 is 13.6 Å². The van der Waals surface area contributed by atoms with Crippen LogP contribution in [0.4, 0.5) is 14.5 Å². The minimum atomic E-state index is -0.824. The van der Waals surface area contributed by atoms with E-state index < -0.39 is 11.6 Å². The molecule has 0 fully saturated rings. The first kappa shape index (κ1) is 17.8. The van der Waals surface area contributed by atoms with Crippen molar-refractivity contribution in [1.82, 2.24) is 0 Å². The highest BCUT2D eigenvalue weighted by molar-refractivity contribution is 5.74. The summed E-state index contributed by atoms with van der Waals surface area (Å²) in [6.45, 7) is 6.04. The largest absolute Gasteiger partial charge is 0.399 e. The number of halogens is 2. The number of nitrogen functional groups attached to an aromatic ring is 1. The summed E-state index contributed by atoms with van der Waals surface area (Å²) in [5.41, 5.74) is 7.38. The number of rotatable bonds is 1. The predicted octanol–water partition coefficient (Wildman–Crippen LogP) is 4.38. The van der Waals surface area contributed by atoms with Crippen LogP contribution < -0.4 is 5.73 Å². The summed E-state index contributed by atoms with van der Waals surface area (Å²) in [7, 11) is 0. The Morgan fingerprint density at radius 3 is 1.95 bits per heavy atom. The number of aldehydes is 1. The summed E-state index contributed by atoms with van der Waals surface area (Å²) in [4.78, 5) is 9.98. The molecule has 0 radical (unpaired) electrons. The average Bonchev–Trinajstić information content (AvgIpc) is 2.45. The van der Waals surface area contributed by atoms with Gasteiger partial charge in [-0.1, -0.05) is 31.5 Å². The first-order valence-corrected chi connectivity index (χ1v) is 6.25. The van der Waals surface area contributed by atoms with E-state index in [0.717, 1.165) is 17.8 Å². The smallest absolute Gasteiger partial charge is 0.152 e. The van der Waals surface area contributed by atoms with Gasteiger partial charge in [0.25, 0.3) is 0 Å². The van der Waals surface area contributed by atoms with Crippen LogP contribution in [0.3, 0.4) is 0 Å². The van der Waals surface area contributed by atoms with E-state index in [1.807, 2.05) is 45.0 Å². The van der Waals surface area contributed by atoms with Crippen LogP contribution in [0, 0.1) is 18.6 Å². The average molecular weight is 279 g/mol. The number of nitrogens with two attached hydrogens (primary N) is 1. The standard InChI is InChI=1S/C7H4F2O.C7H9N.C2H6/c8-6-2-1-5(4-10)7(9)3-6;1-6-2-4-7(8)5-3-6;1-2/h1-4H;2-5H,8H2,1H3;1-2H3. The Morgan fingerprint density at radius 1 is 1.00 bits per heavy atom. The fraction of sp³-hybridized carbons (Fsp3) is 0.188. The van der Waals surface area contributed by atoms with Crippen molar-refractivity contribution in [2.45, 2.75) is 20.8 Å². The summed E-state index contributed by atoms with van der Waals surface area (Å²) in [5.74, 6) is -1.50. The molecule has 0 unspecified atom stereocenters. The fourth-order valence-corrected chi connectivity index (χ4v) is 1.16. The van der Waals surface area contributed by atoms with Gasteiger partial charge >= 0.3 is 0 Å². The summed E-state index contributed by atoms with van der Waals surface area (Å²) in [6.07, 6.45) is 0.342. The molecule has 20 heavy (non-hydrogen) atoms. The lowest BCUT2D eigenvalue weighted by Crippen LogP contribution is -1.87. The molecule has 2 aromatic rings. The highest BCUT2D eigenvalue weighted by Gasteiger charge is 2.00. The second kappa shape index (κ2) is 9.67. The molecule has 0 aliphatic carbocycles. The van der Waals surface area contributed by atoms with Crippen LogP contribution in [0.2, 0.25) is 0 Å². The van der Waals surface area contributed by atoms with Gasteiger partial charge in [-0.25, -0.2) is 8.78 Å². The highest BCUT2D eigenvalue weighted by Crippen LogP contribution is 2.06. The number of carbonyl (C=O) groups excluding carboxylic acids is 1. The molecule has 2 nitrogen and oxygen atoms in total. The van der Waals surface area contributed by atoms with Crippen molar-refractivity contribution in [3.63, 3.8) is 0 Å². The van der Waals surface area contributed by atoms with E-state index in [2.05, 4.69) is 0 Å². The van der Waals surface area contributed by atoms with Gasteiger partial charge in [-0.15, -0.1) is 0 Å². The van der Waals surface area contributed by atoms with Crippen molar-refractivity contribution in [2.24, 2.45) is 0 Å². The van der Waals surface area contributed by atoms with E-state index in [4.69, 9.17) is 5.73 Å². The van der Waals surface area contributed by atoms with Gasteiger partial charge in [0.1, 0.15) is 11.6 Å². The van der Waals surface area contributed by atoms with Crippen LogP contribution in [0.25, 0.3) is 0 Å². The zero-order valence-corrected chi connectivity index (χ0v) is 11.9. The van der Waals surface area contributed by atoms with E-state index in [1.54, 1.807) is 0 Å². The lowest BCUT2D eigenvalue weighted by atomic mass is 10.2. The third-order valence-corrected chi connectivity index (χ3v) is 2.17. The molecule has 0 saturated carbocycles. The molecule has 0 aromatic heterocycles. The van der Waals surface area contributed by atoms with Crippen molar-refractivity contribution in [2.75, 3.05) is 5.73 Å². The Morgan fingerprint density at radius 2 is 1.55 bits per heavy atom. The minimum Gasteiger partial charge on any atom is -0.399 e. The molecule has 2 rings (SSSR count). The molecule has 108 valence electrons. The van der Waals surface area contributed by atoms with Crippen molar-refractivity contribution in [1.29, 1.82) is 0 Å². The van der Waals surface area contributed by atoms with Gasteiger partial charge in [0.05, 0.1) is 5.56 Å². The monoisotopic (exact) mass is 279 g/mol. The number of hydrogen-bond acceptors (Lipinski definition) is 2. The molecule has 0 aliphatic rings. The molecular weight excluding hydrogens is 260 g/mol. The maximum absolute atomic E-state index is 12.4. The summed E-state index contributed by atoms with van der Waals surface area (Å²) >= 11 is 0. The van der Waals surface area contributed by atoms with Crippen LogP contribution in [-0.4, -0.2) is 6.29 Å². The Kier molecular flexibility index (Phi) is 8.59. The quantitative estimate of drug-likeness (QED) is 0.621. The first-order chi connectivity index (χ1) is 9.52. The normalized spacial score (nSPS) is 8.65. The number of anilines is 1. The predicted molar refractivity (Wildman–Crippen MR) is 78.7 cm³/mol. The third-order valence-electron chi connectivity index (χ3n) is 2.17. The molecule has 2 aromatic carbocycles. The Labute approximate surface area is 118 Å². The molecule has 4 heteroatoms. The molecular formula is C16H19F2NO. The SMILES string of the molecule is CC.Cc1ccc(N)cc1.O=Cc1ccc(F)cc1F.